The number of nitrogens with zero attached hydrogens (tertiary/aromatic N) is 1. The molecule has 0 aliphatic heterocycles. The molecule has 0 spiro atoms. The second-order valence-electron chi connectivity index (χ2n) is 4.14. The second-order valence-corrected chi connectivity index (χ2v) is 5.07. The van der Waals surface area contributed by atoms with Crippen molar-refractivity contribution in [3.8, 4) is 0 Å². The zero-order chi connectivity index (χ0) is 12.1. The van der Waals surface area contributed by atoms with Gasteiger partial charge in [-0.2, -0.15) is 0 Å². The highest BCUT2D eigenvalue weighted by Crippen LogP contribution is 2.15. The van der Waals surface area contributed by atoms with E-state index in [9.17, 15) is 4.79 Å². The van der Waals surface area contributed by atoms with Crippen LogP contribution in [0.5, 0.6) is 0 Å². The van der Waals surface area contributed by atoms with Crippen LogP contribution in [-0.4, -0.2) is 23.0 Å². The Morgan fingerprint density at radius 2 is 2.06 bits per heavy atom. The first kappa shape index (κ1) is 13.1. The van der Waals surface area contributed by atoms with Gasteiger partial charge in [0.05, 0.1) is 12.1 Å². The zero-order valence-electron chi connectivity index (χ0n) is 10.2. The standard InChI is InChI=1S/C11H19N3OS/c1-7(2)13-10(15)8(3)14-9(4)11-12-5-6-16-11/h5-9,14H,1-4H3,(H,13,15). The summed E-state index contributed by atoms with van der Waals surface area (Å²) in [7, 11) is 0. The topological polar surface area (TPSA) is 54.0 Å². The highest BCUT2D eigenvalue weighted by molar-refractivity contribution is 7.09. The molecule has 90 valence electrons. The minimum absolute atomic E-state index is 0.0263. The molecule has 1 aromatic heterocycles. The average Bonchev–Trinajstić information content (AvgIpc) is 2.68. The molecule has 0 saturated heterocycles. The van der Waals surface area contributed by atoms with Crippen LogP contribution < -0.4 is 10.6 Å². The number of hydrogen-bond acceptors (Lipinski definition) is 4. The van der Waals surface area contributed by atoms with Gasteiger partial charge in [-0.1, -0.05) is 0 Å². The van der Waals surface area contributed by atoms with E-state index >= 15 is 0 Å². The van der Waals surface area contributed by atoms with Crippen LogP contribution in [0.25, 0.3) is 0 Å². The summed E-state index contributed by atoms with van der Waals surface area (Å²) >= 11 is 1.59. The van der Waals surface area contributed by atoms with Crippen LogP contribution in [0, 0.1) is 0 Å². The highest BCUT2D eigenvalue weighted by Gasteiger charge is 2.17. The average molecular weight is 241 g/mol. The van der Waals surface area contributed by atoms with Gasteiger partial charge in [-0.15, -0.1) is 11.3 Å². The molecule has 2 N–H and O–H groups in total. The summed E-state index contributed by atoms with van der Waals surface area (Å²) in [5, 5.41) is 9.04. The molecule has 0 saturated carbocycles. The van der Waals surface area contributed by atoms with Gasteiger partial charge >= 0.3 is 0 Å². The van der Waals surface area contributed by atoms with Gasteiger partial charge in [-0.05, 0) is 27.7 Å². The lowest BCUT2D eigenvalue weighted by Crippen LogP contribution is -2.45. The van der Waals surface area contributed by atoms with Crippen molar-refractivity contribution in [2.24, 2.45) is 0 Å². The lowest BCUT2D eigenvalue weighted by Gasteiger charge is -2.19. The maximum absolute atomic E-state index is 11.7. The van der Waals surface area contributed by atoms with E-state index < -0.39 is 0 Å². The predicted octanol–water partition coefficient (Wildman–Crippen LogP) is 1.71. The molecule has 0 aliphatic rings. The molecule has 0 fully saturated rings. The van der Waals surface area contributed by atoms with E-state index in [1.165, 1.54) is 0 Å². The normalized spacial score (nSPS) is 14.8. The molecule has 2 unspecified atom stereocenters. The molecule has 0 aromatic carbocycles. The van der Waals surface area contributed by atoms with Crippen molar-refractivity contribution in [3.05, 3.63) is 16.6 Å². The van der Waals surface area contributed by atoms with Crippen LogP contribution in [0.2, 0.25) is 0 Å². The van der Waals surface area contributed by atoms with Gasteiger partial charge in [0.15, 0.2) is 0 Å². The number of nitrogens with one attached hydrogen (secondary N) is 2. The molecule has 4 nitrogen and oxygen atoms in total. The number of rotatable bonds is 5. The Balaban J connectivity index is 2.45. The van der Waals surface area contributed by atoms with Crippen LogP contribution >= 0.6 is 11.3 Å². The summed E-state index contributed by atoms with van der Waals surface area (Å²) in [5.41, 5.74) is 0. The van der Waals surface area contributed by atoms with E-state index in [1.54, 1.807) is 17.5 Å². The monoisotopic (exact) mass is 241 g/mol. The molecule has 1 amide bonds. The van der Waals surface area contributed by atoms with Crippen LogP contribution in [0.3, 0.4) is 0 Å². The van der Waals surface area contributed by atoms with Gasteiger partial charge in [-0.25, -0.2) is 4.98 Å². The largest absolute Gasteiger partial charge is 0.353 e. The molecule has 0 radical (unpaired) electrons. The second kappa shape index (κ2) is 5.96. The Bertz CT molecular complexity index is 324. The van der Waals surface area contributed by atoms with Crippen molar-refractivity contribution < 1.29 is 4.79 Å². The van der Waals surface area contributed by atoms with Crippen molar-refractivity contribution in [3.63, 3.8) is 0 Å². The van der Waals surface area contributed by atoms with Crippen molar-refractivity contribution in [1.82, 2.24) is 15.6 Å². The van der Waals surface area contributed by atoms with Crippen LogP contribution in [0.15, 0.2) is 11.6 Å². The number of thiazole rings is 1. The molecule has 5 heteroatoms. The minimum atomic E-state index is -0.207. The lowest BCUT2D eigenvalue weighted by atomic mass is 10.2. The number of aromatic nitrogens is 1. The van der Waals surface area contributed by atoms with E-state index in [1.807, 2.05) is 33.1 Å². The zero-order valence-corrected chi connectivity index (χ0v) is 11.0. The molecule has 1 heterocycles. The quantitative estimate of drug-likeness (QED) is 0.825. The Hall–Kier alpha value is -0.940. The molecule has 2 atom stereocenters. The summed E-state index contributed by atoms with van der Waals surface area (Å²) in [4.78, 5) is 15.9. The van der Waals surface area contributed by atoms with Gasteiger partial charge in [0.25, 0.3) is 0 Å². The summed E-state index contributed by atoms with van der Waals surface area (Å²) in [6.07, 6.45) is 1.77. The van der Waals surface area contributed by atoms with Crippen LogP contribution in [0.1, 0.15) is 38.7 Å². The third-order valence-corrected chi connectivity index (χ3v) is 3.10. The molecule has 1 aromatic rings. The molecule has 16 heavy (non-hydrogen) atoms. The van der Waals surface area contributed by atoms with Crippen molar-refractivity contribution in [1.29, 1.82) is 0 Å². The summed E-state index contributed by atoms with van der Waals surface area (Å²) in [5.74, 6) is 0.0263. The molecular weight excluding hydrogens is 222 g/mol. The van der Waals surface area contributed by atoms with E-state index in [2.05, 4.69) is 15.6 Å². The van der Waals surface area contributed by atoms with Crippen LogP contribution in [0.4, 0.5) is 0 Å². The summed E-state index contributed by atoms with van der Waals surface area (Å²) < 4.78 is 0. The van der Waals surface area contributed by atoms with E-state index in [-0.39, 0.29) is 24.0 Å². The third kappa shape index (κ3) is 3.90. The van der Waals surface area contributed by atoms with E-state index in [0.717, 1.165) is 5.01 Å². The smallest absolute Gasteiger partial charge is 0.237 e. The molecule has 1 rings (SSSR count). The Morgan fingerprint density at radius 3 is 2.56 bits per heavy atom. The maximum atomic E-state index is 11.7. The first-order chi connectivity index (χ1) is 7.50. The summed E-state index contributed by atoms with van der Waals surface area (Å²) in [6, 6.07) is 0.0705. The predicted molar refractivity (Wildman–Crippen MR) is 66.4 cm³/mol. The molecular formula is C11H19N3OS. The van der Waals surface area contributed by atoms with Crippen molar-refractivity contribution in [2.75, 3.05) is 0 Å². The first-order valence-corrected chi connectivity index (χ1v) is 6.34. The lowest BCUT2D eigenvalue weighted by molar-refractivity contribution is -0.123. The minimum Gasteiger partial charge on any atom is -0.353 e. The van der Waals surface area contributed by atoms with Gasteiger partial charge < -0.3 is 5.32 Å². The first-order valence-electron chi connectivity index (χ1n) is 5.46. The van der Waals surface area contributed by atoms with E-state index in [4.69, 9.17) is 0 Å². The van der Waals surface area contributed by atoms with Gasteiger partial charge in [-0.3, -0.25) is 10.1 Å². The SMILES string of the molecule is CC(C)NC(=O)C(C)NC(C)c1nccs1. The summed E-state index contributed by atoms with van der Waals surface area (Å²) in [6.45, 7) is 7.78. The fourth-order valence-corrected chi connectivity index (χ4v) is 2.03. The Kier molecular flexibility index (Phi) is 4.89. The highest BCUT2D eigenvalue weighted by atomic mass is 32.1. The number of carbonyl (C=O) groups is 1. The maximum Gasteiger partial charge on any atom is 0.237 e. The van der Waals surface area contributed by atoms with E-state index in [0.29, 0.717) is 0 Å². The molecule has 0 bridgehead atoms. The Morgan fingerprint density at radius 1 is 1.38 bits per heavy atom. The third-order valence-electron chi connectivity index (χ3n) is 2.15. The Labute approximate surface area is 100 Å². The van der Waals surface area contributed by atoms with Crippen LogP contribution in [-0.2, 0) is 4.79 Å². The fraction of sp³-hybridized carbons (Fsp3) is 0.636. The van der Waals surface area contributed by atoms with Gasteiger partial charge in [0.2, 0.25) is 5.91 Å². The van der Waals surface area contributed by atoms with Crippen molar-refractivity contribution >= 4 is 17.2 Å². The number of carbonyl (C=O) groups excluding carboxylic acids is 1. The molecule has 0 aliphatic carbocycles. The fourth-order valence-electron chi connectivity index (χ4n) is 1.38. The van der Waals surface area contributed by atoms with Gasteiger partial charge in [0.1, 0.15) is 5.01 Å². The number of amides is 1. The van der Waals surface area contributed by atoms with Gasteiger partial charge in [0, 0.05) is 17.6 Å². The number of hydrogen-bond donors (Lipinski definition) is 2. The van der Waals surface area contributed by atoms with Crippen molar-refractivity contribution in [2.45, 2.75) is 45.8 Å².